The predicted octanol–water partition coefficient (Wildman–Crippen LogP) is 4.51. The number of rotatable bonds is 7. The molecule has 0 aliphatic heterocycles. The first-order chi connectivity index (χ1) is 13.5. The Balaban J connectivity index is 1.77. The van der Waals surface area contributed by atoms with Gasteiger partial charge in [-0.2, -0.15) is 0 Å². The monoisotopic (exact) mass is 399 g/mol. The molecule has 0 atom stereocenters. The molecule has 8 heteroatoms. The minimum Gasteiger partial charge on any atom is -0.497 e. The van der Waals surface area contributed by atoms with E-state index in [-0.39, 0.29) is 17.8 Å². The van der Waals surface area contributed by atoms with E-state index < -0.39 is 0 Å². The van der Waals surface area contributed by atoms with Gasteiger partial charge < -0.3 is 13.9 Å². The summed E-state index contributed by atoms with van der Waals surface area (Å²) in [6, 6.07) is 12.6. The van der Waals surface area contributed by atoms with E-state index in [4.69, 9.17) is 13.9 Å². The van der Waals surface area contributed by atoms with Gasteiger partial charge in [-0.25, -0.2) is 0 Å². The maximum absolute atomic E-state index is 12.5. The van der Waals surface area contributed by atoms with Gasteiger partial charge in [-0.05, 0) is 30.3 Å². The van der Waals surface area contributed by atoms with Crippen molar-refractivity contribution in [1.82, 2.24) is 10.2 Å². The maximum Gasteiger partial charge on any atom is 0.322 e. The van der Waals surface area contributed by atoms with Gasteiger partial charge in [-0.1, -0.05) is 25.0 Å². The molecular weight excluding hydrogens is 378 g/mol. The molecule has 0 bridgehead atoms. The third kappa shape index (κ3) is 4.64. The molecule has 1 N–H and O–H groups in total. The number of benzene rings is 2. The first kappa shape index (κ1) is 19.8. The summed E-state index contributed by atoms with van der Waals surface area (Å²) in [6.45, 7) is 4.20. The lowest BCUT2D eigenvalue weighted by atomic mass is 10.2. The van der Waals surface area contributed by atoms with E-state index in [9.17, 15) is 4.79 Å². The van der Waals surface area contributed by atoms with Crippen molar-refractivity contribution in [3.63, 3.8) is 0 Å². The molecule has 0 saturated carbocycles. The largest absolute Gasteiger partial charge is 0.497 e. The minimum absolute atomic E-state index is 0.0137. The normalized spacial score (nSPS) is 10.8. The number of hydrogen-bond donors (Lipinski definition) is 1. The van der Waals surface area contributed by atoms with Gasteiger partial charge in [0.25, 0.3) is 11.8 Å². The Kier molecular flexibility index (Phi) is 6.20. The van der Waals surface area contributed by atoms with E-state index in [1.807, 2.05) is 18.2 Å². The van der Waals surface area contributed by atoms with Crippen molar-refractivity contribution in [2.75, 3.05) is 19.5 Å². The Morgan fingerprint density at radius 2 is 1.93 bits per heavy atom. The summed E-state index contributed by atoms with van der Waals surface area (Å²) in [4.78, 5) is 13.5. The Morgan fingerprint density at radius 3 is 2.64 bits per heavy atom. The van der Waals surface area contributed by atoms with Gasteiger partial charge in [0.05, 0.1) is 19.8 Å². The molecule has 0 aliphatic carbocycles. The zero-order valence-corrected chi connectivity index (χ0v) is 16.9. The van der Waals surface area contributed by atoms with Crippen molar-refractivity contribution in [3.8, 4) is 23.0 Å². The van der Waals surface area contributed by atoms with Gasteiger partial charge in [-0.3, -0.25) is 10.1 Å². The highest BCUT2D eigenvalue weighted by Crippen LogP contribution is 2.33. The molecule has 0 radical (unpaired) electrons. The molecule has 1 aromatic heterocycles. The number of ether oxygens (including phenoxy) is 2. The number of nitrogens with zero attached hydrogens (tertiary/aromatic N) is 2. The molecule has 0 aliphatic rings. The van der Waals surface area contributed by atoms with Gasteiger partial charge in [0.15, 0.2) is 0 Å². The summed E-state index contributed by atoms with van der Waals surface area (Å²) in [5.74, 6) is 1.09. The number of anilines is 1. The summed E-state index contributed by atoms with van der Waals surface area (Å²) in [5.41, 5.74) is 1.12. The molecule has 3 aromatic rings. The van der Waals surface area contributed by atoms with Crippen LogP contribution >= 0.6 is 11.8 Å². The van der Waals surface area contributed by atoms with E-state index in [1.54, 1.807) is 50.2 Å². The van der Waals surface area contributed by atoms with Crippen molar-refractivity contribution in [2.45, 2.75) is 24.0 Å². The van der Waals surface area contributed by atoms with Gasteiger partial charge in [0, 0.05) is 21.8 Å². The SMILES string of the molecule is COc1ccc(-c2nnc(NC(=O)c3cccc(SC(C)C)c3)o2)c(OC)c1. The van der Waals surface area contributed by atoms with Crippen molar-refractivity contribution < 1.29 is 18.7 Å². The Morgan fingerprint density at radius 1 is 1.11 bits per heavy atom. The predicted molar refractivity (Wildman–Crippen MR) is 108 cm³/mol. The van der Waals surface area contributed by atoms with E-state index in [1.165, 1.54) is 0 Å². The van der Waals surface area contributed by atoms with Crippen LogP contribution in [0, 0.1) is 0 Å². The molecule has 146 valence electrons. The number of nitrogens with one attached hydrogen (secondary N) is 1. The lowest BCUT2D eigenvalue weighted by Gasteiger charge is -2.07. The number of carbonyl (C=O) groups is 1. The number of methoxy groups -OCH3 is 2. The van der Waals surface area contributed by atoms with Crippen LogP contribution in [0.4, 0.5) is 6.01 Å². The summed E-state index contributed by atoms with van der Waals surface area (Å²) >= 11 is 1.69. The molecule has 3 rings (SSSR count). The van der Waals surface area contributed by atoms with E-state index >= 15 is 0 Å². The smallest absolute Gasteiger partial charge is 0.322 e. The summed E-state index contributed by atoms with van der Waals surface area (Å²) < 4.78 is 16.1. The number of thioether (sulfide) groups is 1. The fraction of sp³-hybridized carbons (Fsp3) is 0.250. The number of amides is 1. The first-order valence-corrected chi connectivity index (χ1v) is 9.52. The second-order valence-electron chi connectivity index (χ2n) is 6.13. The van der Waals surface area contributed by atoms with E-state index in [0.29, 0.717) is 27.9 Å². The fourth-order valence-electron chi connectivity index (χ4n) is 2.51. The van der Waals surface area contributed by atoms with E-state index in [0.717, 1.165) is 4.90 Å². The minimum atomic E-state index is -0.317. The average molecular weight is 399 g/mol. The molecule has 1 heterocycles. The zero-order chi connectivity index (χ0) is 20.1. The third-order valence-corrected chi connectivity index (χ3v) is 4.75. The van der Waals surface area contributed by atoms with E-state index in [2.05, 4.69) is 29.4 Å². The quantitative estimate of drug-likeness (QED) is 0.585. The van der Waals surface area contributed by atoms with Crippen LogP contribution in [0.1, 0.15) is 24.2 Å². The summed E-state index contributed by atoms with van der Waals surface area (Å²) in [6.07, 6.45) is 0. The fourth-order valence-corrected chi connectivity index (χ4v) is 3.41. The Bertz CT molecular complexity index is 972. The third-order valence-electron chi connectivity index (χ3n) is 3.75. The van der Waals surface area contributed by atoms with Gasteiger partial charge in [-0.15, -0.1) is 16.9 Å². The molecule has 0 saturated heterocycles. The van der Waals surface area contributed by atoms with Crippen molar-refractivity contribution in [1.29, 1.82) is 0 Å². The van der Waals surface area contributed by atoms with Crippen LogP contribution < -0.4 is 14.8 Å². The lowest BCUT2D eigenvalue weighted by molar-refractivity contribution is 0.102. The highest BCUT2D eigenvalue weighted by Gasteiger charge is 2.17. The molecule has 0 spiro atoms. The maximum atomic E-state index is 12.5. The molecule has 0 fully saturated rings. The summed E-state index contributed by atoms with van der Waals surface area (Å²) in [7, 11) is 3.11. The van der Waals surface area contributed by atoms with Crippen LogP contribution in [0.3, 0.4) is 0 Å². The lowest BCUT2D eigenvalue weighted by Crippen LogP contribution is -2.12. The van der Waals surface area contributed by atoms with Crippen LogP contribution in [-0.4, -0.2) is 35.6 Å². The zero-order valence-electron chi connectivity index (χ0n) is 16.1. The van der Waals surface area contributed by atoms with Crippen LogP contribution in [0.5, 0.6) is 11.5 Å². The number of hydrogen-bond acceptors (Lipinski definition) is 7. The second-order valence-corrected chi connectivity index (χ2v) is 7.78. The van der Waals surface area contributed by atoms with Gasteiger partial charge in [0.2, 0.25) is 0 Å². The molecule has 7 nitrogen and oxygen atoms in total. The molecular formula is C20H21N3O4S. The molecule has 28 heavy (non-hydrogen) atoms. The van der Waals surface area contributed by atoms with Gasteiger partial charge >= 0.3 is 6.01 Å². The van der Waals surface area contributed by atoms with Crippen LogP contribution in [0.2, 0.25) is 0 Å². The number of aromatic nitrogens is 2. The first-order valence-electron chi connectivity index (χ1n) is 8.64. The highest BCUT2D eigenvalue weighted by molar-refractivity contribution is 7.99. The van der Waals surface area contributed by atoms with Crippen LogP contribution in [0.25, 0.3) is 11.5 Å². The Hall–Kier alpha value is -3.00. The molecule has 1 amide bonds. The topological polar surface area (TPSA) is 86.5 Å². The molecule has 2 aromatic carbocycles. The standard InChI is InChI=1S/C20H21N3O4S/c1-12(2)28-15-7-5-6-13(10-15)18(24)21-20-23-22-19(27-20)16-9-8-14(25-3)11-17(16)26-4/h5-12H,1-4H3,(H,21,23,24). The second kappa shape index (κ2) is 8.79. The number of carbonyl (C=O) groups excluding carboxylic acids is 1. The van der Waals surface area contributed by atoms with Crippen molar-refractivity contribution in [3.05, 3.63) is 48.0 Å². The summed E-state index contributed by atoms with van der Waals surface area (Å²) in [5, 5.41) is 11.0. The highest BCUT2D eigenvalue weighted by atomic mass is 32.2. The Labute approximate surface area is 167 Å². The van der Waals surface area contributed by atoms with Crippen LogP contribution in [0.15, 0.2) is 51.8 Å². The van der Waals surface area contributed by atoms with Crippen LogP contribution in [-0.2, 0) is 0 Å². The molecule has 0 unspecified atom stereocenters. The van der Waals surface area contributed by atoms with Crippen molar-refractivity contribution >= 4 is 23.7 Å². The van der Waals surface area contributed by atoms with Gasteiger partial charge in [0.1, 0.15) is 11.5 Å². The average Bonchev–Trinajstić information content (AvgIpc) is 3.15. The van der Waals surface area contributed by atoms with Crippen molar-refractivity contribution in [2.24, 2.45) is 0 Å².